The number of ether oxygens (including phenoxy) is 2. The smallest absolute Gasteiger partial charge is 0.161 e. The molecule has 1 aromatic carbocycles. The second kappa shape index (κ2) is 6.53. The van der Waals surface area contributed by atoms with Gasteiger partial charge in [0.15, 0.2) is 11.5 Å². The third-order valence-corrected chi connectivity index (χ3v) is 4.36. The third-order valence-electron chi connectivity index (χ3n) is 4.36. The topological polar surface area (TPSA) is 61.8 Å². The average Bonchev–Trinajstić information content (AvgIpc) is 3.01. The highest BCUT2D eigenvalue weighted by atomic mass is 16.5. The number of fused-ring (bicyclic) bond motifs is 1. The minimum atomic E-state index is 0.185. The standard InChI is InChI=1S/C19H23N3O2/c1-12-6-5-9-22-18(13(2)11-20)17(21-19(12)22)14-7-8-15(23-3)16(10-14)24-4/h5-10,13H,11,20H2,1-4H3. The molecule has 0 radical (unpaired) electrons. The Morgan fingerprint density at radius 3 is 2.58 bits per heavy atom. The molecule has 0 bridgehead atoms. The van der Waals surface area contributed by atoms with E-state index in [1.807, 2.05) is 30.5 Å². The second-order valence-electron chi connectivity index (χ2n) is 5.94. The van der Waals surface area contributed by atoms with Crippen molar-refractivity contribution in [2.75, 3.05) is 20.8 Å². The number of nitrogens with two attached hydrogens (primary N) is 1. The number of aryl methyl sites for hydroxylation is 1. The Balaban J connectivity index is 2.27. The molecule has 5 heteroatoms. The molecule has 5 nitrogen and oxygen atoms in total. The van der Waals surface area contributed by atoms with Crippen LogP contribution in [0.4, 0.5) is 0 Å². The van der Waals surface area contributed by atoms with Crippen LogP contribution in [0.1, 0.15) is 24.1 Å². The van der Waals surface area contributed by atoms with Gasteiger partial charge in [0.25, 0.3) is 0 Å². The minimum absolute atomic E-state index is 0.185. The first kappa shape index (κ1) is 16.3. The number of hydrogen-bond acceptors (Lipinski definition) is 4. The number of methoxy groups -OCH3 is 2. The molecule has 0 fully saturated rings. The lowest BCUT2D eigenvalue weighted by Crippen LogP contribution is -2.12. The molecule has 24 heavy (non-hydrogen) atoms. The zero-order valence-electron chi connectivity index (χ0n) is 14.5. The molecule has 0 spiro atoms. The lowest BCUT2D eigenvalue weighted by Gasteiger charge is -2.13. The van der Waals surface area contributed by atoms with Crippen LogP contribution in [-0.4, -0.2) is 30.1 Å². The Kier molecular flexibility index (Phi) is 4.44. The minimum Gasteiger partial charge on any atom is -0.493 e. The summed E-state index contributed by atoms with van der Waals surface area (Å²) >= 11 is 0. The number of imidazole rings is 1. The summed E-state index contributed by atoms with van der Waals surface area (Å²) in [5, 5.41) is 0. The van der Waals surface area contributed by atoms with Gasteiger partial charge < -0.3 is 19.6 Å². The van der Waals surface area contributed by atoms with Gasteiger partial charge >= 0.3 is 0 Å². The van der Waals surface area contributed by atoms with Gasteiger partial charge in [-0.3, -0.25) is 0 Å². The fourth-order valence-electron chi connectivity index (χ4n) is 3.00. The van der Waals surface area contributed by atoms with Crippen LogP contribution in [0.5, 0.6) is 11.5 Å². The molecule has 2 aromatic heterocycles. The van der Waals surface area contributed by atoms with Crippen molar-refractivity contribution in [2.45, 2.75) is 19.8 Å². The highest BCUT2D eigenvalue weighted by molar-refractivity contribution is 5.71. The molecular weight excluding hydrogens is 302 g/mol. The fourth-order valence-corrected chi connectivity index (χ4v) is 3.00. The lowest BCUT2D eigenvalue weighted by molar-refractivity contribution is 0.355. The third kappa shape index (κ3) is 2.61. The molecule has 126 valence electrons. The van der Waals surface area contributed by atoms with E-state index in [9.17, 15) is 0 Å². The predicted octanol–water partition coefficient (Wildman–Crippen LogP) is 3.39. The van der Waals surface area contributed by atoms with Gasteiger partial charge in [0.05, 0.1) is 25.6 Å². The molecule has 0 amide bonds. The van der Waals surface area contributed by atoms with Gasteiger partial charge in [0.1, 0.15) is 5.65 Å². The molecule has 1 atom stereocenters. The van der Waals surface area contributed by atoms with Gasteiger partial charge in [-0.05, 0) is 36.8 Å². The molecule has 3 rings (SSSR count). The normalized spacial score (nSPS) is 12.4. The van der Waals surface area contributed by atoms with Crippen LogP contribution in [-0.2, 0) is 0 Å². The number of aromatic nitrogens is 2. The van der Waals surface area contributed by atoms with Crippen molar-refractivity contribution < 1.29 is 9.47 Å². The summed E-state index contributed by atoms with van der Waals surface area (Å²) in [6.07, 6.45) is 2.04. The highest BCUT2D eigenvalue weighted by Crippen LogP contribution is 2.36. The van der Waals surface area contributed by atoms with Gasteiger partial charge in [-0.2, -0.15) is 0 Å². The Bertz CT molecular complexity index is 870. The van der Waals surface area contributed by atoms with E-state index in [2.05, 4.69) is 24.3 Å². The first-order valence-corrected chi connectivity index (χ1v) is 8.00. The van der Waals surface area contributed by atoms with Crippen molar-refractivity contribution >= 4 is 5.65 Å². The number of benzene rings is 1. The van der Waals surface area contributed by atoms with Crippen molar-refractivity contribution in [1.29, 1.82) is 0 Å². The van der Waals surface area contributed by atoms with E-state index >= 15 is 0 Å². The van der Waals surface area contributed by atoms with E-state index in [4.69, 9.17) is 20.2 Å². The summed E-state index contributed by atoms with van der Waals surface area (Å²) in [5.41, 5.74) is 11.1. The Hall–Kier alpha value is -2.53. The first-order valence-electron chi connectivity index (χ1n) is 8.00. The van der Waals surface area contributed by atoms with Crippen LogP contribution in [0.2, 0.25) is 0 Å². The number of pyridine rings is 1. The predicted molar refractivity (Wildman–Crippen MR) is 95.9 cm³/mol. The van der Waals surface area contributed by atoms with E-state index in [0.29, 0.717) is 18.0 Å². The van der Waals surface area contributed by atoms with Crippen molar-refractivity contribution in [3.8, 4) is 22.8 Å². The van der Waals surface area contributed by atoms with Crippen LogP contribution >= 0.6 is 0 Å². The summed E-state index contributed by atoms with van der Waals surface area (Å²) < 4.78 is 12.9. The molecule has 2 heterocycles. The molecular formula is C19H23N3O2. The average molecular weight is 325 g/mol. The summed E-state index contributed by atoms with van der Waals surface area (Å²) in [6, 6.07) is 9.97. The summed E-state index contributed by atoms with van der Waals surface area (Å²) in [7, 11) is 3.27. The maximum absolute atomic E-state index is 5.96. The van der Waals surface area contributed by atoms with E-state index in [0.717, 1.165) is 28.2 Å². The maximum Gasteiger partial charge on any atom is 0.161 e. The largest absolute Gasteiger partial charge is 0.493 e. The van der Waals surface area contributed by atoms with Gasteiger partial charge in [-0.15, -0.1) is 0 Å². The van der Waals surface area contributed by atoms with Crippen LogP contribution < -0.4 is 15.2 Å². The van der Waals surface area contributed by atoms with Crippen LogP contribution in [0.15, 0.2) is 36.5 Å². The molecule has 0 saturated heterocycles. The Morgan fingerprint density at radius 2 is 1.92 bits per heavy atom. The van der Waals surface area contributed by atoms with Gasteiger partial charge in [-0.25, -0.2) is 4.98 Å². The second-order valence-corrected chi connectivity index (χ2v) is 5.94. The molecule has 0 aliphatic carbocycles. The molecule has 2 N–H and O–H groups in total. The molecule has 0 aliphatic rings. The van der Waals surface area contributed by atoms with Crippen molar-refractivity contribution in [1.82, 2.24) is 9.38 Å². The van der Waals surface area contributed by atoms with Crippen molar-refractivity contribution in [3.05, 3.63) is 47.8 Å². The Morgan fingerprint density at radius 1 is 1.17 bits per heavy atom. The van der Waals surface area contributed by atoms with E-state index in [1.54, 1.807) is 14.2 Å². The lowest BCUT2D eigenvalue weighted by atomic mass is 10.0. The van der Waals surface area contributed by atoms with Gasteiger partial charge in [0, 0.05) is 24.2 Å². The zero-order valence-corrected chi connectivity index (χ0v) is 14.5. The number of rotatable bonds is 5. The quantitative estimate of drug-likeness (QED) is 0.781. The summed E-state index contributed by atoms with van der Waals surface area (Å²) in [5.74, 6) is 1.58. The number of hydrogen-bond donors (Lipinski definition) is 1. The first-order chi connectivity index (χ1) is 11.6. The van der Waals surface area contributed by atoms with Crippen LogP contribution in [0.25, 0.3) is 16.9 Å². The van der Waals surface area contributed by atoms with Gasteiger partial charge in [-0.1, -0.05) is 13.0 Å². The van der Waals surface area contributed by atoms with Crippen molar-refractivity contribution in [2.24, 2.45) is 5.73 Å². The fraction of sp³-hybridized carbons (Fsp3) is 0.316. The monoisotopic (exact) mass is 325 g/mol. The Labute approximate surface area is 142 Å². The van der Waals surface area contributed by atoms with E-state index in [-0.39, 0.29) is 5.92 Å². The molecule has 0 aliphatic heterocycles. The molecule has 3 aromatic rings. The van der Waals surface area contributed by atoms with Crippen molar-refractivity contribution in [3.63, 3.8) is 0 Å². The van der Waals surface area contributed by atoms with Gasteiger partial charge in [0.2, 0.25) is 0 Å². The van der Waals surface area contributed by atoms with E-state index < -0.39 is 0 Å². The number of nitrogens with zero attached hydrogens (tertiary/aromatic N) is 2. The molecule has 1 unspecified atom stereocenters. The zero-order chi connectivity index (χ0) is 17.3. The maximum atomic E-state index is 5.96. The summed E-state index contributed by atoms with van der Waals surface area (Å²) in [4.78, 5) is 4.89. The van der Waals surface area contributed by atoms with Crippen LogP contribution in [0, 0.1) is 6.92 Å². The molecule has 0 saturated carbocycles. The summed E-state index contributed by atoms with van der Waals surface area (Å²) in [6.45, 7) is 4.75. The van der Waals surface area contributed by atoms with Crippen LogP contribution in [0.3, 0.4) is 0 Å². The van der Waals surface area contributed by atoms with E-state index in [1.165, 1.54) is 0 Å². The SMILES string of the molecule is COc1ccc(-c2nc3c(C)cccn3c2C(C)CN)cc1OC. The highest BCUT2D eigenvalue weighted by Gasteiger charge is 2.20.